The van der Waals surface area contributed by atoms with Crippen LogP contribution in [0, 0.1) is 6.92 Å². The van der Waals surface area contributed by atoms with E-state index in [9.17, 15) is 8.42 Å². The fourth-order valence-electron chi connectivity index (χ4n) is 2.40. The molecule has 22 heavy (non-hydrogen) atoms. The Morgan fingerprint density at radius 1 is 1.14 bits per heavy atom. The lowest BCUT2D eigenvalue weighted by Gasteiger charge is -2.15. The lowest BCUT2D eigenvalue weighted by Crippen LogP contribution is -2.15. The van der Waals surface area contributed by atoms with E-state index in [2.05, 4.69) is 10.1 Å². The molecule has 2 aromatic rings. The molecule has 0 saturated carbocycles. The second-order valence-corrected chi connectivity index (χ2v) is 6.77. The Morgan fingerprint density at radius 3 is 2.68 bits per heavy atom. The summed E-state index contributed by atoms with van der Waals surface area (Å²) in [6.07, 6.45) is 4.17. The highest BCUT2D eigenvalue weighted by Crippen LogP contribution is 2.21. The van der Waals surface area contributed by atoms with Crippen LogP contribution in [0.5, 0.6) is 0 Å². The van der Waals surface area contributed by atoms with Crippen LogP contribution in [0.15, 0.2) is 52.6 Å². The van der Waals surface area contributed by atoms with Crippen molar-refractivity contribution >= 4 is 15.8 Å². The van der Waals surface area contributed by atoms with Crippen LogP contribution in [0.3, 0.4) is 0 Å². The molecule has 1 heterocycles. The van der Waals surface area contributed by atoms with E-state index in [1.165, 1.54) is 12.1 Å². The first kappa shape index (κ1) is 14.7. The van der Waals surface area contributed by atoms with Gasteiger partial charge in [0.05, 0.1) is 5.69 Å². The van der Waals surface area contributed by atoms with E-state index < -0.39 is 10.1 Å². The Labute approximate surface area is 129 Å². The molecule has 114 valence electrons. The van der Waals surface area contributed by atoms with Gasteiger partial charge >= 0.3 is 10.1 Å². The van der Waals surface area contributed by atoms with Crippen molar-refractivity contribution in [1.29, 1.82) is 0 Å². The Kier molecular flexibility index (Phi) is 3.94. The number of fused-ring (bicyclic) bond motifs is 1. The number of aryl methyl sites for hydroxylation is 2. The van der Waals surface area contributed by atoms with Crippen molar-refractivity contribution in [1.82, 2.24) is 4.98 Å². The fraction of sp³-hybridized carbons (Fsp3) is 0.250. The molecule has 0 fully saturated rings. The molecule has 3 rings (SSSR count). The molecule has 1 aliphatic carbocycles. The molecule has 1 aromatic heterocycles. The number of hydrogen-bond donors (Lipinski definition) is 0. The number of pyridine rings is 1. The number of benzene rings is 1. The minimum atomic E-state index is -3.89. The molecule has 1 aliphatic rings. The molecule has 0 saturated heterocycles. The van der Waals surface area contributed by atoms with Crippen LogP contribution in [-0.2, 0) is 20.8 Å². The average molecular weight is 316 g/mol. The minimum Gasteiger partial charge on any atom is -0.264 e. The van der Waals surface area contributed by atoms with Gasteiger partial charge in [-0.2, -0.15) is 8.42 Å². The van der Waals surface area contributed by atoms with Crippen LogP contribution in [-0.4, -0.2) is 19.1 Å². The van der Waals surface area contributed by atoms with E-state index in [1.807, 2.05) is 19.1 Å². The number of rotatable bonds is 3. The zero-order valence-electron chi connectivity index (χ0n) is 12.2. The molecular weight excluding hydrogens is 300 g/mol. The SMILES string of the molecule is Cc1ccc(S(=O)(=O)O/N=C2\CCCc3cccnc32)cc1. The van der Waals surface area contributed by atoms with Gasteiger partial charge in [-0.3, -0.25) is 9.27 Å². The largest absolute Gasteiger partial charge is 0.358 e. The first-order valence-corrected chi connectivity index (χ1v) is 8.48. The van der Waals surface area contributed by atoms with E-state index in [1.54, 1.807) is 18.3 Å². The van der Waals surface area contributed by atoms with Gasteiger partial charge in [0.1, 0.15) is 10.6 Å². The third-order valence-electron chi connectivity index (χ3n) is 3.58. The van der Waals surface area contributed by atoms with Crippen molar-refractivity contribution in [3.63, 3.8) is 0 Å². The lowest BCUT2D eigenvalue weighted by atomic mass is 9.95. The van der Waals surface area contributed by atoms with Crippen molar-refractivity contribution in [2.45, 2.75) is 31.1 Å². The van der Waals surface area contributed by atoms with Crippen molar-refractivity contribution in [3.05, 3.63) is 59.4 Å². The minimum absolute atomic E-state index is 0.0968. The predicted octanol–water partition coefficient (Wildman–Crippen LogP) is 2.84. The monoisotopic (exact) mass is 316 g/mol. The molecule has 6 heteroatoms. The van der Waals surface area contributed by atoms with Crippen LogP contribution in [0.2, 0.25) is 0 Å². The highest BCUT2D eigenvalue weighted by Gasteiger charge is 2.20. The molecule has 0 aliphatic heterocycles. The van der Waals surface area contributed by atoms with Gasteiger partial charge in [-0.1, -0.05) is 28.9 Å². The fourth-order valence-corrected chi connectivity index (χ4v) is 3.14. The highest BCUT2D eigenvalue weighted by atomic mass is 32.2. The van der Waals surface area contributed by atoms with Crippen LogP contribution in [0.4, 0.5) is 0 Å². The summed E-state index contributed by atoms with van der Waals surface area (Å²) < 4.78 is 29.2. The summed E-state index contributed by atoms with van der Waals surface area (Å²) in [4.78, 5) is 4.38. The maximum Gasteiger partial charge on any atom is 0.358 e. The van der Waals surface area contributed by atoms with E-state index in [0.717, 1.165) is 29.7 Å². The van der Waals surface area contributed by atoms with Crippen molar-refractivity contribution in [2.75, 3.05) is 0 Å². The summed E-state index contributed by atoms with van der Waals surface area (Å²) in [6.45, 7) is 1.89. The van der Waals surface area contributed by atoms with E-state index in [0.29, 0.717) is 12.1 Å². The van der Waals surface area contributed by atoms with Gasteiger partial charge in [0.15, 0.2) is 0 Å². The van der Waals surface area contributed by atoms with Gasteiger partial charge in [-0.15, -0.1) is 0 Å². The topological polar surface area (TPSA) is 68.6 Å². The van der Waals surface area contributed by atoms with Crippen LogP contribution in [0.25, 0.3) is 0 Å². The van der Waals surface area contributed by atoms with Gasteiger partial charge in [-0.25, -0.2) is 0 Å². The number of oxime groups is 1. The second kappa shape index (κ2) is 5.88. The Morgan fingerprint density at radius 2 is 1.91 bits per heavy atom. The Balaban J connectivity index is 1.87. The van der Waals surface area contributed by atoms with Gasteiger partial charge in [0.2, 0.25) is 0 Å². The van der Waals surface area contributed by atoms with Gasteiger partial charge < -0.3 is 0 Å². The molecule has 0 radical (unpaired) electrons. The normalized spacial score (nSPS) is 16.3. The van der Waals surface area contributed by atoms with Crippen molar-refractivity contribution in [2.24, 2.45) is 5.16 Å². The average Bonchev–Trinajstić information content (AvgIpc) is 2.53. The van der Waals surface area contributed by atoms with Gasteiger partial charge in [-0.05, 0) is 49.9 Å². The second-order valence-electron chi connectivity index (χ2n) is 5.24. The van der Waals surface area contributed by atoms with Crippen molar-refractivity contribution < 1.29 is 12.7 Å². The maximum atomic E-state index is 12.1. The van der Waals surface area contributed by atoms with E-state index in [-0.39, 0.29) is 4.90 Å². The molecule has 0 N–H and O–H groups in total. The highest BCUT2D eigenvalue weighted by molar-refractivity contribution is 7.86. The molecular formula is C16H16N2O3S. The summed E-state index contributed by atoms with van der Waals surface area (Å²) in [7, 11) is -3.89. The van der Waals surface area contributed by atoms with Gasteiger partial charge in [0.25, 0.3) is 0 Å². The van der Waals surface area contributed by atoms with E-state index >= 15 is 0 Å². The number of nitrogens with zero attached hydrogens (tertiary/aromatic N) is 2. The van der Waals surface area contributed by atoms with Crippen LogP contribution >= 0.6 is 0 Å². The zero-order chi connectivity index (χ0) is 15.6. The molecule has 0 unspecified atom stereocenters. The van der Waals surface area contributed by atoms with E-state index in [4.69, 9.17) is 4.28 Å². The first-order valence-electron chi connectivity index (χ1n) is 7.08. The quantitative estimate of drug-likeness (QED) is 0.817. The summed E-state index contributed by atoms with van der Waals surface area (Å²) >= 11 is 0. The Hall–Kier alpha value is -2.21. The molecule has 1 aromatic carbocycles. The molecule has 0 atom stereocenters. The number of hydrogen-bond acceptors (Lipinski definition) is 5. The first-order chi connectivity index (χ1) is 10.6. The lowest BCUT2D eigenvalue weighted by molar-refractivity contribution is 0.337. The van der Waals surface area contributed by atoms with Crippen molar-refractivity contribution in [3.8, 4) is 0 Å². The third-order valence-corrected chi connectivity index (χ3v) is 4.70. The summed E-state index contributed by atoms with van der Waals surface area (Å²) in [5, 5.41) is 3.86. The maximum absolute atomic E-state index is 12.1. The standard InChI is InChI=1S/C16H16N2O3S/c1-12-7-9-14(10-8-12)22(19,20)21-18-15-6-2-4-13-5-3-11-17-16(13)15/h3,5,7-11H,2,4,6H2,1H3/b18-15+. The zero-order valence-corrected chi connectivity index (χ0v) is 13.0. The molecule has 0 spiro atoms. The number of aromatic nitrogens is 1. The smallest absolute Gasteiger partial charge is 0.264 e. The molecule has 0 amide bonds. The predicted molar refractivity (Wildman–Crippen MR) is 83.2 cm³/mol. The summed E-state index contributed by atoms with van der Waals surface area (Å²) in [6, 6.07) is 10.3. The Bertz CT molecular complexity index is 812. The molecule has 0 bridgehead atoms. The van der Waals surface area contributed by atoms with Crippen LogP contribution < -0.4 is 0 Å². The van der Waals surface area contributed by atoms with Crippen LogP contribution in [0.1, 0.15) is 29.7 Å². The van der Waals surface area contributed by atoms with Gasteiger partial charge in [0, 0.05) is 6.20 Å². The summed E-state index contributed by atoms with van der Waals surface area (Å²) in [5.41, 5.74) is 3.37. The molecule has 5 nitrogen and oxygen atoms in total. The summed E-state index contributed by atoms with van der Waals surface area (Å²) in [5.74, 6) is 0. The third kappa shape index (κ3) is 3.01.